The molecule has 0 heterocycles. The van der Waals surface area contributed by atoms with Gasteiger partial charge in [0.1, 0.15) is 5.82 Å². The van der Waals surface area contributed by atoms with Crippen LogP contribution in [-0.4, -0.2) is 13.1 Å². The summed E-state index contributed by atoms with van der Waals surface area (Å²) in [6, 6.07) is 5.44. The van der Waals surface area contributed by atoms with Crippen molar-refractivity contribution in [2.24, 2.45) is 0 Å². The molecule has 1 atom stereocenters. The number of rotatable bonds is 10. The minimum absolute atomic E-state index is 0.183. The van der Waals surface area contributed by atoms with Crippen LogP contribution in [0.4, 0.5) is 4.39 Å². The molecule has 114 valence electrons. The molecule has 1 N–H and O–H groups in total. The Morgan fingerprint density at radius 2 is 1.85 bits per heavy atom. The number of likely N-dealkylation sites (N-methyl/N-ethyl adjacent to an activating group) is 1. The molecule has 0 aliphatic heterocycles. The monoisotopic (exact) mass is 343 g/mol. The summed E-state index contributed by atoms with van der Waals surface area (Å²) >= 11 is 3.45. The molecule has 20 heavy (non-hydrogen) atoms. The van der Waals surface area contributed by atoms with Crippen molar-refractivity contribution < 1.29 is 4.39 Å². The minimum Gasteiger partial charge on any atom is -0.317 e. The average molecular weight is 344 g/mol. The molecule has 1 aromatic carbocycles. The third-order valence-electron chi connectivity index (χ3n) is 3.80. The van der Waals surface area contributed by atoms with E-state index in [-0.39, 0.29) is 5.82 Å². The van der Waals surface area contributed by atoms with E-state index in [1.807, 2.05) is 13.1 Å². The van der Waals surface area contributed by atoms with Gasteiger partial charge in [0.25, 0.3) is 0 Å². The fourth-order valence-corrected chi connectivity index (χ4v) is 2.98. The first-order valence-electron chi connectivity index (χ1n) is 7.78. The molecule has 0 saturated carbocycles. The van der Waals surface area contributed by atoms with E-state index in [0.717, 1.165) is 10.9 Å². The van der Waals surface area contributed by atoms with Gasteiger partial charge in [0, 0.05) is 10.5 Å². The maximum Gasteiger partial charge on any atom is 0.124 e. The largest absolute Gasteiger partial charge is 0.317 e. The zero-order chi connectivity index (χ0) is 14.8. The first-order valence-corrected chi connectivity index (χ1v) is 8.57. The lowest BCUT2D eigenvalue weighted by molar-refractivity contribution is 0.479. The summed E-state index contributed by atoms with van der Waals surface area (Å²) in [5, 5.41) is 3.38. The van der Waals surface area contributed by atoms with Gasteiger partial charge in [-0.25, -0.2) is 4.39 Å². The highest BCUT2D eigenvalue weighted by Gasteiger charge is 2.10. The Bertz CT molecular complexity index is 381. The van der Waals surface area contributed by atoms with Crippen LogP contribution in [0.15, 0.2) is 22.7 Å². The fourth-order valence-electron chi connectivity index (χ4n) is 2.47. The molecule has 1 nitrogen and oxygen atoms in total. The molecule has 0 aliphatic carbocycles. The van der Waals surface area contributed by atoms with E-state index in [1.54, 1.807) is 6.07 Å². The van der Waals surface area contributed by atoms with Crippen molar-refractivity contribution in [3.63, 3.8) is 0 Å². The molecule has 1 aromatic rings. The van der Waals surface area contributed by atoms with Gasteiger partial charge < -0.3 is 5.32 Å². The second-order valence-electron chi connectivity index (χ2n) is 5.48. The van der Waals surface area contributed by atoms with E-state index in [4.69, 9.17) is 0 Å². The summed E-state index contributed by atoms with van der Waals surface area (Å²) in [7, 11) is 2.01. The lowest BCUT2D eigenvalue weighted by atomic mass is 10.00. The number of benzene rings is 1. The van der Waals surface area contributed by atoms with Gasteiger partial charge in [0.15, 0.2) is 0 Å². The van der Waals surface area contributed by atoms with Crippen molar-refractivity contribution in [1.82, 2.24) is 5.32 Å². The third kappa shape index (κ3) is 6.85. The van der Waals surface area contributed by atoms with Gasteiger partial charge in [0.2, 0.25) is 0 Å². The number of hydrogen-bond acceptors (Lipinski definition) is 1. The second kappa shape index (κ2) is 10.3. The van der Waals surface area contributed by atoms with Gasteiger partial charge in [0.05, 0.1) is 0 Å². The molecule has 1 rings (SSSR count). The Morgan fingerprint density at radius 1 is 1.15 bits per heavy atom. The maximum atomic E-state index is 13.1. The zero-order valence-electron chi connectivity index (χ0n) is 12.7. The van der Waals surface area contributed by atoms with E-state index < -0.39 is 0 Å². The Balaban J connectivity index is 2.31. The average Bonchev–Trinajstić information content (AvgIpc) is 2.43. The zero-order valence-corrected chi connectivity index (χ0v) is 14.3. The van der Waals surface area contributed by atoms with Crippen LogP contribution in [0.25, 0.3) is 0 Å². The Kier molecular flexibility index (Phi) is 9.12. The molecule has 0 spiro atoms. The molecule has 0 amide bonds. The molecule has 0 bridgehead atoms. The van der Waals surface area contributed by atoms with Crippen LogP contribution in [0, 0.1) is 5.82 Å². The van der Waals surface area contributed by atoms with E-state index in [9.17, 15) is 4.39 Å². The van der Waals surface area contributed by atoms with Crippen molar-refractivity contribution >= 4 is 15.9 Å². The normalized spacial score (nSPS) is 12.6. The first-order chi connectivity index (χ1) is 9.67. The highest BCUT2D eigenvalue weighted by Crippen LogP contribution is 2.21. The Morgan fingerprint density at radius 3 is 2.50 bits per heavy atom. The van der Waals surface area contributed by atoms with Crippen LogP contribution in [0.1, 0.15) is 57.4 Å². The van der Waals surface area contributed by atoms with E-state index >= 15 is 0 Å². The summed E-state index contributed by atoms with van der Waals surface area (Å²) in [6.45, 7) is 2.25. The molecule has 0 radical (unpaired) electrons. The highest BCUT2D eigenvalue weighted by atomic mass is 79.9. The van der Waals surface area contributed by atoms with Gasteiger partial charge in [-0.05, 0) is 37.6 Å². The van der Waals surface area contributed by atoms with Crippen molar-refractivity contribution in [3.8, 4) is 0 Å². The molecule has 0 aliphatic rings. The van der Waals surface area contributed by atoms with Crippen LogP contribution in [0.3, 0.4) is 0 Å². The van der Waals surface area contributed by atoms with Crippen molar-refractivity contribution in [1.29, 1.82) is 0 Å². The van der Waals surface area contributed by atoms with Crippen LogP contribution >= 0.6 is 15.9 Å². The predicted molar refractivity (Wildman–Crippen MR) is 88.6 cm³/mol. The van der Waals surface area contributed by atoms with Gasteiger partial charge in [-0.15, -0.1) is 0 Å². The van der Waals surface area contributed by atoms with E-state index in [2.05, 4.69) is 28.2 Å². The van der Waals surface area contributed by atoms with Crippen LogP contribution in [0.2, 0.25) is 0 Å². The predicted octanol–water partition coefficient (Wildman–Crippen LogP) is 5.47. The third-order valence-corrected chi connectivity index (χ3v) is 4.53. The number of hydrogen-bond donors (Lipinski definition) is 1. The summed E-state index contributed by atoms with van der Waals surface area (Å²) < 4.78 is 13.9. The topological polar surface area (TPSA) is 12.0 Å². The number of halogens is 2. The van der Waals surface area contributed by atoms with Crippen molar-refractivity contribution in [2.45, 2.75) is 64.3 Å². The highest BCUT2D eigenvalue weighted by molar-refractivity contribution is 9.10. The molecular weight excluding hydrogens is 317 g/mol. The quantitative estimate of drug-likeness (QED) is 0.555. The van der Waals surface area contributed by atoms with E-state index in [0.29, 0.717) is 6.04 Å². The SMILES string of the molecule is CCCCCCCCC(Cc1ccc(F)cc1Br)NC. The van der Waals surface area contributed by atoms with Crippen molar-refractivity contribution in [2.75, 3.05) is 7.05 Å². The lowest BCUT2D eigenvalue weighted by Crippen LogP contribution is -2.27. The minimum atomic E-state index is -0.183. The molecular formula is C17H27BrFN. The van der Waals surface area contributed by atoms with Crippen LogP contribution < -0.4 is 5.32 Å². The second-order valence-corrected chi connectivity index (χ2v) is 6.34. The number of nitrogens with one attached hydrogen (secondary N) is 1. The van der Waals surface area contributed by atoms with Gasteiger partial charge in [-0.2, -0.15) is 0 Å². The van der Waals surface area contributed by atoms with E-state index in [1.165, 1.54) is 56.6 Å². The molecule has 1 unspecified atom stereocenters. The lowest BCUT2D eigenvalue weighted by Gasteiger charge is -2.17. The number of unbranched alkanes of at least 4 members (excludes halogenated alkanes) is 5. The van der Waals surface area contributed by atoms with Crippen molar-refractivity contribution in [3.05, 3.63) is 34.1 Å². The maximum absolute atomic E-state index is 13.1. The molecule has 0 aromatic heterocycles. The molecule has 0 fully saturated rings. The Labute approximate surface area is 131 Å². The Hall–Kier alpha value is -0.410. The summed E-state index contributed by atoms with van der Waals surface area (Å²) in [6.07, 6.45) is 10.1. The molecule has 3 heteroatoms. The summed E-state index contributed by atoms with van der Waals surface area (Å²) in [5.41, 5.74) is 1.18. The first kappa shape index (κ1) is 17.6. The summed E-state index contributed by atoms with van der Waals surface area (Å²) in [5.74, 6) is -0.183. The fraction of sp³-hybridized carbons (Fsp3) is 0.647. The standard InChI is InChI=1S/C17H27BrFN/c1-3-4-5-6-7-8-9-16(20-2)12-14-10-11-15(19)13-17(14)18/h10-11,13,16,20H,3-9,12H2,1-2H3. The van der Waals surface area contributed by atoms with Gasteiger partial charge in [-0.1, -0.05) is 67.4 Å². The molecule has 0 saturated heterocycles. The van der Waals surface area contributed by atoms with Gasteiger partial charge in [-0.3, -0.25) is 0 Å². The van der Waals surface area contributed by atoms with Crippen LogP contribution in [-0.2, 0) is 6.42 Å². The smallest absolute Gasteiger partial charge is 0.124 e. The van der Waals surface area contributed by atoms with Crippen LogP contribution in [0.5, 0.6) is 0 Å². The van der Waals surface area contributed by atoms with Gasteiger partial charge >= 0.3 is 0 Å². The summed E-state index contributed by atoms with van der Waals surface area (Å²) in [4.78, 5) is 0.